The van der Waals surface area contributed by atoms with Crippen molar-refractivity contribution in [3.8, 4) is 0 Å². The zero-order chi connectivity index (χ0) is 12.4. The van der Waals surface area contributed by atoms with Gasteiger partial charge in [-0.15, -0.1) is 0 Å². The lowest BCUT2D eigenvalue weighted by molar-refractivity contribution is -0.133. The minimum atomic E-state index is -0.923. The van der Waals surface area contributed by atoms with Crippen LogP contribution in [0.25, 0.3) is 0 Å². The number of carboxylic acids is 1. The number of aliphatic carboxylic acids is 1. The molecule has 0 fully saturated rings. The van der Waals surface area contributed by atoms with E-state index in [1.807, 2.05) is 0 Å². The summed E-state index contributed by atoms with van der Waals surface area (Å²) in [6.07, 6.45) is 0. The van der Waals surface area contributed by atoms with Crippen molar-refractivity contribution in [2.45, 2.75) is 52.6 Å². The molecule has 0 aromatic heterocycles. The highest BCUT2D eigenvalue weighted by molar-refractivity contribution is 5.86. The predicted octanol–water partition coefficient (Wildman–Crippen LogP) is 2.53. The van der Waals surface area contributed by atoms with Gasteiger partial charge in [0.2, 0.25) is 0 Å². The van der Waals surface area contributed by atoms with Crippen LogP contribution in [-0.2, 0) is 4.79 Å². The first-order valence-corrected chi connectivity index (χ1v) is 5.15. The second-order valence-electron chi connectivity index (χ2n) is 5.84. The minimum absolute atomic E-state index is 0.0728. The fourth-order valence-corrected chi connectivity index (χ4v) is 1.74. The highest BCUT2D eigenvalue weighted by Gasteiger charge is 2.32. The number of hydrogen-bond donors (Lipinski definition) is 1. The van der Waals surface area contributed by atoms with Gasteiger partial charge >= 0.3 is 5.97 Å². The third kappa shape index (κ3) is 4.47. The average molecular weight is 213 g/mol. The van der Waals surface area contributed by atoms with Crippen molar-refractivity contribution in [1.82, 2.24) is 4.90 Å². The molecular weight excluding hydrogens is 190 g/mol. The van der Waals surface area contributed by atoms with Crippen LogP contribution in [0, 0.1) is 0 Å². The average Bonchev–Trinajstić information content (AvgIpc) is 1.94. The summed E-state index contributed by atoms with van der Waals surface area (Å²) in [4.78, 5) is 12.9. The summed E-state index contributed by atoms with van der Waals surface area (Å²) < 4.78 is 0. The summed E-state index contributed by atoms with van der Waals surface area (Å²) in [5.74, 6) is -0.923. The fourth-order valence-electron chi connectivity index (χ4n) is 1.74. The summed E-state index contributed by atoms with van der Waals surface area (Å²) >= 11 is 0. The summed E-state index contributed by atoms with van der Waals surface area (Å²) in [5.41, 5.74) is 0.0904. The normalized spacial score (nSPS) is 13.0. The van der Waals surface area contributed by atoms with E-state index in [9.17, 15) is 4.79 Å². The Morgan fingerprint density at radius 2 is 1.47 bits per heavy atom. The van der Waals surface area contributed by atoms with E-state index in [0.717, 1.165) is 0 Å². The second-order valence-corrected chi connectivity index (χ2v) is 5.84. The van der Waals surface area contributed by atoms with E-state index in [1.165, 1.54) is 0 Å². The molecule has 0 bridgehead atoms. The number of nitrogens with zero attached hydrogens (tertiary/aromatic N) is 1. The van der Waals surface area contributed by atoms with Gasteiger partial charge in [0.1, 0.15) is 0 Å². The van der Waals surface area contributed by atoms with Crippen LogP contribution < -0.4 is 0 Å². The molecule has 0 saturated carbocycles. The molecule has 0 atom stereocenters. The monoisotopic (exact) mass is 213 g/mol. The van der Waals surface area contributed by atoms with Crippen molar-refractivity contribution >= 4 is 5.97 Å². The van der Waals surface area contributed by atoms with Crippen LogP contribution in [-0.4, -0.2) is 33.6 Å². The van der Waals surface area contributed by atoms with Crippen molar-refractivity contribution in [1.29, 1.82) is 0 Å². The molecule has 0 rings (SSSR count). The molecule has 0 aromatic carbocycles. The molecule has 0 aromatic rings. The highest BCUT2D eigenvalue weighted by Crippen LogP contribution is 2.25. The maximum absolute atomic E-state index is 10.8. The van der Waals surface area contributed by atoms with E-state index in [-0.39, 0.29) is 16.7 Å². The Bertz CT molecular complexity index is 242. The van der Waals surface area contributed by atoms with Crippen molar-refractivity contribution in [3.63, 3.8) is 0 Å². The molecule has 0 amide bonds. The first-order valence-electron chi connectivity index (χ1n) is 5.15. The van der Waals surface area contributed by atoms with Crippen molar-refractivity contribution < 1.29 is 9.90 Å². The SMILES string of the molecule is C=C(CN(C(C)(C)C)C(C)(C)C)C(=O)O. The largest absolute Gasteiger partial charge is 0.478 e. The number of carbonyl (C=O) groups is 1. The third-order valence-electron chi connectivity index (χ3n) is 2.27. The van der Waals surface area contributed by atoms with E-state index < -0.39 is 5.97 Å². The second kappa shape index (κ2) is 4.35. The van der Waals surface area contributed by atoms with Crippen LogP contribution in [0.3, 0.4) is 0 Å². The van der Waals surface area contributed by atoms with Crippen LogP contribution in [0.4, 0.5) is 0 Å². The summed E-state index contributed by atoms with van der Waals surface area (Å²) in [6, 6.07) is 0. The van der Waals surface area contributed by atoms with E-state index in [2.05, 4.69) is 53.0 Å². The Morgan fingerprint density at radius 1 is 1.13 bits per heavy atom. The smallest absolute Gasteiger partial charge is 0.332 e. The van der Waals surface area contributed by atoms with Crippen LogP contribution >= 0.6 is 0 Å². The van der Waals surface area contributed by atoms with Gasteiger partial charge in [-0.1, -0.05) is 6.58 Å². The summed E-state index contributed by atoms with van der Waals surface area (Å²) in [7, 11) is 0. The van der Waals surface area contributed by atoms with Gasteiger partial charge in [0, 0.05) is 23.2 Å². The highest BCUT2D eigenvalue weighted by atomic mass is 16.4. The van der Waals surface area contributed by atoms with E-state index >= 15 is 0 Å². The molecule has 0 aliphatic heterocycles. The molecule has 0 radical (unpaired) electrons. The van der Waals surface area contributed by atoms with Crippen LogP contribution in [0.5, 0.6) is 0 Å². The zero-order valence-corrected chi connectivity index (χ0v) is 10.7. The Balaban J connectivity index is 4.85. The number of rotatable bonds is 3. The molecule has 3 nitrogen and oxygen atoms in total. The van der Waals surface area contributed by atoms with Gasteiger partial charge in [-0.3, -0.25) is 4.90 Å². The first kappa shape index (κ1) is 14.2. The van der Waals surface area contributed by atoms with Gasteiger partial charge in [0.05, 0.1) is 0 Å². The molecule has 3 heteroatoms. The van der Waals surface area contributed by atoms with Gasteiger partial charge in [-0.2, -0.15) is 0 Å². The predicted molar refractivity (Wildman–Crippen MR) is 63.0 cm³/mol. The van der Waals surface area contributed by atoms with Crippen LogP contribution in [0.15, 0.2) is 12.2 Å². The molecule has 0 aliphatic carbocycles. The molecule has 0 spiro atoms. The minimum Gasteiger partial charge on any atom is -0.478 e. The molecule has 0 heterocycles. The fraction of sp³-hybridized carbons (Fsp3) is 0.750. The van der Waals surface area contributed by atoms with E-state index in [1.54, 1.807) is 0 Å². The standard InChI is InChI=1S/C12H23NO2/c1-9(10(14)15)8-13(11(2,3)4)12(5,6)7/h1,8H2,2-7H3,(H,14,15). The van der Waals surface area contributed by atoms with Gasteiger partial charge in [-0.25, -0.2) is 4.79 Å². The molecule has 0 saturated heterocycles. The molecule has 0 unspecified atom stereocenters. The van der Waals surface area contributed by atoms with E-state index in [4.69, 9.17) is 5.11 Å². The van der Waals surface area contributed by atoms with E-state index in [0.29, 0.717) is 6.54 Å². The summed E-state index contributed by atoms with van der Waals surface area (Å²) in [6.45, 7) is 16.4. The lowest BCUT2D eigenvalue weighted by atomic mass is 9.95. The maximum Gasteiger partial charge on any atom is 0.332 e. The van der Waals surface area contributed by atoms with Gasteiger partial charge in [0.25, 0.3) is 0 Å². The van der Waals surface area contributed by atoms with Crippen LogP contribution in [0.2, 0.25) is 0 Å². The Kier molecular flexibility index (Phi) is 4.11. The van der Waals surface area contributed by atoms with Crippen molar-refractivity contribution in [3.05, 3.63) is 12.2 Å². The Hall–Kier alpha value is -0.830. The summed E-state index contributed by atoms with van der Waals surface area (Å²) in [5, 5.41) is 8.84. The lowest BCUT2D eigenvalue weighted by Gasteiger charge is -2.45. The lowest BCUT2D eigenvalue weighted by Crippen LogP contribution is -2.53. The molecule has 1 N–H and O–H groups in total. The van der Waals surface area contributed by atoms with Crippen LogP contribution in [0.1, 0.15) is 41.5 Å². The van der Waals surface area contributed by atoms with Gasteiger partial charge in [-0.05, 0) is 41.5 Å². The van der Waals surface area contributed by atoms with Gasteiger partial charge < -0.3 is 5.11 Å². The zero-order valence-electron chi connectivity index (χ0n) is 10.7. The number of hydrogen-bond acceptors (Lipinski definition) is 2. The Morgan fingerprint density at radius 3 is 1.67 bits per heavy atom. The topological polar surface area (TPSA) is 40.5 Å². The van der Waals surface area contributed by atoms with Crippen molar-refractivity contribution in [2.24, 2.45) is 0 Å². The first-order chi connectivity index (χ1) is 6.46. The quantitative estimate of drug-likeness (QED) is 0.732. The van der Waals surface area contributed by atoms with Gasteiger partial charge in [0.15, 0.2) is 0 Å². The van der Waals surface area contributed by atoms with Crippen molar-refractivity contribution in [2.75, 3.05) is 6.54 Å². The number of carboxylic acid groups (broad SMARTS) is 1. The Labute approximate surface area is 92.8 Å². The maximum atomic E-state index is 10.8. The molecule has 15 heavy (non-hydrogen) atoms. The molecule has 0 aliphatic rings. The molecule has 88 valence electrons. The molecular formula is C12H23NO2. The third-order valence-corrected chi connectivity index (χ3v) is 2.27.